The van der Waals surface area contributed by atoms with E-state index in [1.54, 1.807) is 12.4 Å². The number of aromatic nitrogens is 5. The Kier molecular flexibility index (Phi) is 5.89. The number of nitrogens with zero attached hydrogens (tertiary/aromatic N) is 5. The summed E-state index contributed by atoms with van der Waals surface area (Å²) in [6.45, 7) is 4.33. The highest BCUT2D eigenvalue weighted by Gasteiger charge is 2.15. The topological polar surface area (TPSA) is 98.7 Å². The third-order valence-corrected chi connectivity index (χ3v) is 5.25. The van der Waals surface area contributed by atoms with Gasteiger partial charge in [0.2, 0.25) is 5.89 Å². The van der Waals surface area contributed by atoms with Gasteiger partial charge in [-0.1, -0.05) is 30.0 Å². The van der Waals surface area contributed by atoms with Crippen molar-refractivity contribution in [2.75, 3.05) is 0 Å². The number of hydrogen-bond acceptors (Lipinski definition) is 7. The summed E-state index contributed by atoms with van der Waals surface area (Å²) < 4.78 is 7.46. The van der Waals surface area contributed by atoms with Gasteiger partial charge in [0.25, 0.3) is 5.91 Å². The Hall–Kier alpha value is -3.46. The fourth-order valence-electron chi connectivity index (χ4n) is 2.88. The van der Waals surface area contributed by atoms with E-state index < -0.39 is 0 Å². The van der Waals surface area contributed by atoms with E-state index in [1.165, 1.54) is 18.0 Å². The van der Waals surface area contributed by atoms with Crippen molar-refractivity contribution >= 4 is 17.7 Å². The van der Waals surface area contributed by atoms with Gasteiger partial charge >= 0.3 is 0 Å². The van der Waals surface area contributed by atoms with Gasteiger partial charge in [-0.2, -0.15) is 0 Å². The molecule has 0 spiro atoms. The monoisotopic (exact) mass is 420 g/mol. The zero-order chi connectivity index (χ0) is 20.9. The van der Waals surface area contributed by atoms with E-state index in [9.17, 15) is 4.79 Å². The number of aryl methyl sites for hydroxylation is 2. The Balaban J connectivity index is 1.40. The number of amides is 1. The molecule has 0 aliphatic heterocycles. The van der Waals surface area contributed by atoms with Crippen molar-refractivity contribution in [1.82, 2.24) is 30.0 Å². The Morgan fingerprint density at radius 1 is 1.20 bits per heavy atom. The molecule has 8 nitrogen and oxygen atoms in total. The quantitative estimate of drug-likeness (QED) is 0.457. The van der Waals surface area contributed by atoms with Gasteiger partial charge in [-0.25, -0.2) is 4.98 Å². The number of nitrogens with one attached hydrogen (secondary N) is 1. The van der Waals surface area contributed by atoms with Crippen molar-refractivity contribution in [3.05, 3.63) is 83.6 Å². The van der Waals surface area contributed by atoms with Crippen LogP contribution in [0.15, 0.2) is 64.6 Å². The maximum atomic E-state index is 12.3. The third-order valence-electron chi connectivity index (χ3n) is 4.34. The molecule has 1 N–H and O–H groups in total. The zero-order valence-electron chi connectivity index (χ0n) is 16.6. The second-order valence-electron chi connectivity index (χ2n) is 6.66. The summed E-state index contributed by atoms with van der Waals surface area (Å²) in [5.74, 6) is 1.38. The van der Waals surface area contributed by atoms with E-state index in [1.807, 2.05) is 48.7 Å². The second kappa shape index (κ2) is 8.91. The predicted octanol–water partition coefficient (Wildman–Crippen LogP) is 3.49. The average Bonchev–Trinajstić information content (AvgIpc) is 3.38. The minimum absolute atomic E-state index is 0.242. The standard InChI is InChI=1S/C21H20N6O2S/c1-14-5-3-7-17(9-14)27-15(2)25-26-21(27)30-13-19-24-18(12-29-19)20(28)23-11-16-6-4-8-22-10-16/h3-10,12H,11,13H2,1-2H3,(H,23,28). The highest BCUT2D eigenvalue weighted by atomic mass is 32.2. The summed E-state index contributed by atoms with van der Waals surface area (Å²) in [5.41, 5.74) is 3.32. The van der Waals surface area contributed by atoms with Crippen molar-refractivity contribution in [2.45, 2.75) is 31.3 Å². The Morgan fingerprint density at radius 2 is 2.10 bits per heavy atom. The second-order valence-corrected chi connectivity index (χ2v) is 7.61. The number of carbonyl (C=O) groups excluding carboxylic acids is 1. The lowest BCUT2D eigenvalue weighted by Gasteiger charge is -2.08. The number of hydrogen-bond donors (Lipinski definition) is 1. The van der Waals surface area contributed by atoms with E-state index in [0.717, 1.165) is 27.8 Å². The Labute approximate surface area is 177 Å². The molecule has 0 unspecified atom stereocenters. The summed E-state index contributed by atoms with van der Waals surface area (Å²) in [7, 11) is 0. The van der Waals surface area contributed by atoms with Gasteiger partial charge in [0.15, 0.2) is 10.9 Å². The lowest BCUT2D eigenvalue weighted by atomic mass is 10.2. The van der Waals surface area contributed by atoms with Gasteiger partial charge in [-0.15, -0.1) is 10.2 Å². The summed E-state index contributed by atoms with van der Waals surface area (Å²) in [6.07, 6.45) is 4.76. The first-order chi connectivity index (χ1) is 14.6. The molecule has 0 radical (unpaired) electrons. The van der Waals surface area contributed by atoms with Crippen LogP contribution in [0.5, 0.6) is 0 Å². The number of thioether (sulfide) groups is 1. The van der Waals surface area contributed by atoms with Crippen LogP contribution < -0.4 is 5.32 Å². The van der Waals surface area contributed by atoms with Gasteiger partial charge < -0.3 is 9.73 Å². The molecule has 0 fully saturated rings. The number of pyridine rings is 1. The third kappa shape index (κ3) is 4.57. The summed E-state index contributed by atoms with van der Waals surface area (Å²) in [6, 6.07) is 11.9. The average molecular weight is 420 g/mol. The van der Waals surface area contributed by atoms with E-state index in [0.29, 0.717) is 18.2 Å². The summed E-state index contributed by atoms with van der Waals surface area (Å²) in [4.78, 5) is 20.6. The van der Waals surface area contributed by atoms with Crippen molar-refractivity contribution < 1.29 is 9.21 Å². The molecule has 0 saturated heterocycles. The molecular weight excluding hydrogens is 400 g/mol. The van der Waals surface area contributed by atoms with E-state index in [2.05, 4.69) is 31.5 Å². The molecule has 152 valence electrons. The van der Waals surface area contributed by atoms with Gasteiger partial charge in [0.1, 0.15) is 12.1 Å². The van der Waals surface area contributed by atoms with Crippen LogP contribution in [0, 0.1) is 13.8 Å². The molecule has 4 aromatic rings. The van der Waals surface area contributed by atoms with Crippen LogP contribution in [-0.2, 0) is 12.3 Å². The fourth-order valence-corrected chi connectivity index (χ4v) is 3.73. The molecule has 0 saturated carbocycles. The highest BCUT2D eigenvalue weighted by Crippen LogP contribution is 2.25. The SMILES string of the molecule is Cc1cccc(-n2c(C)nnc2SCc2nc(C(=O)NCc3cccnc3)co2)c1. The number of oxazole rings is 1. The number of carbonyl (C=O) groups is 1. The van der Waals surface area contributed by atoms with Gasteiger partial charge in [-0.3, -0.25) is 14.3 Å². The molecule has 1 amide bonds. The number of rotatable bonds is 7. The first kappa shape index (κ1) is 19.8. The normalized spacial score (nSPS) is 10.9. The lowest BCUT2D eigenvalue weighted by molar-refractivity contribution is 0.0946. The van der Waals surface area contributed by atoms with E-state index >= 15 is 0 Å². The largest absolute Gasteiger partial charge is 0.447 e. The van der Waals surface area contributed by atoms with Crippen LogP contribution in [0.2, 0.25) is 0 Å². The molecule has 0 aliphatic carbocycles. The molecular formula is C21H20N6O2S. The van der Waals surface area contributed by atoms with Crippen LogP contribution in [-0.4, -0.2) is 30.6 Å². The minimum atomic E-state index is -0.294. The van der Waals surface area contributed by atoms with E-state index in [-0.39, 0.29) is 11.6 Å². The van der Waals surface area contributed by atoms with Gasteiger partial charge in [0, 0.05) is 24.6 Å². The Bertz CT molecular complexity index is 1160. The lowest BCUT2D eigenvalue weighted by Crippen LogP contribution is -2.23. The van der Waals surface area contributed by atoms with Crippen LogP contribution in [0.25, 0.3) is 5.69 Å². The van der Waals surface area contributed by atoms with Crippen molar-refractivity contribution in [1.29, 1.82) is 0 Å². The van der Waals surface area contributed by atoms with Crippen LogP contribution in [0.1, 0.15) is 33.3 Å². The molecule has 30 heavy (non-hydrogen) atoms. The molecule has 3 aromatic heterocycles. The fraction of sp³-hybridized carbons (Fsp3) is 0.190. The van der Waals surface area contributed by atoms with Gasteiger partial charge in [0.05, 0.1) is 5.75 Å². The zero-order valence-corrected chi connectivity index (χ0v) is 17.4. The highest BCUT2D eigenvalue weighted by molar-refractivity contribution is 7.98. The smallest absolute Gasteiger partial charge is 0.273 e. The minimum Gasteiger partial charge on any atom is -0.447 e. The van der Waals surface area contributed by atoms with Crippen molar-refractivity contribution in [3.8, 4) is 5.69 Å². The maximum Gasteiger partial charge on any atom is 0.273 e. The molecule has 0 bridgehead atoms. The Morgan fingerprint density at radius 3 is 2.90 bits per heavy atom. The van der Waals surface area contributed by atoms with Gasteiger partial charge in [-0.05, 0) is 43.2 Å². The van der Waals surface area contributed by atoms with E-state index in [4.69, 9.17) is 4.42 Å². The van der Waals surface area contributed by atoms with Crippen LogP contribution in [0.3, 0.4) is 0 Å². The molecule has 4 rings (SSSR count). The first-order valence-corrected chi connectivity index (χ1v) is 10.3. The van der Waals surface area contributed by atoms with Crippen molar-refractivity contribution in [2.24, 2.45) is 0 Å². The summed E-state index contributed by atoms with van der Waals surface area (Å²) >= 11 is 1.45. The number of benzene rings is 1. The molecule has 9 heteroatoms. The first-order valence-electron chi connectivity index (χ1n) is 9.33. The molecule has 0 aliphatic rings. The molecule has 1 aromatic carbocycles. The molecule has 0 atom stereocenters. The van der Waals surface area contributed by atoms with Crippen LogP contribution >= 0.6 is 11.8 Å². The maximum absolute atomic E-state index is 12.3. The summed E-state index contributed by atoms with van der Waals surface area (Å²) in [5, 5.41) is 12.0. The van der Waals surface area contributed by atoms with Crippen molar-refractivity contribution in [3.63, 3.8) is 0 Å². The molecule has 3 heterocycles. The predicted molar refractivity (Wildman–Crippen MR) is 112 cm³/mol. The van der Waals surface area contributed by atoms with Crippen LogP contribution in [0.4, 0.5) is 0 Å².